The van der Waals surface area contributed by atoms with Crippen molar-refractivity contribution in [2.75, 3.05) is 25.5 Å². The minimum atomic E-state index is 0.944. The monoisotopic (exact) mass is 220 g/mol. The van der Waals surface area contributed by atoms with E-state index in [0.29, 0.717) is 0 Å². The SMILES string of the molecule is CCCCN(C)c1ccc(CNC)cc1C. The van der Waals surface area contributed by atoms with E-state index in [1.807, 2.05) is 7.05 Å². The van der Waals surface area contributed by atoms with E-state index in [9.17, 15) is 0 Å². The fourth-order valence-corrected chi connectivity index (χ4v) is 1.98. The Hall–Kier alpha value is -1.02. The first-order valence-electron chi connectivity index (χ1n) is 6.14. The molecule has 1 rings (SSSR count). The Labute approximate surface area is 99.7 Å². The Bertz CT molecular complexity index is 321. The highest BCUT2D eigenvalue weighted by Crippen LogP contribution is 2.20. The second-order valence-corrected chi connectivity index (χ2v) is 4.43. The summed E-state index contributed by atoms with van der Waals surface area (Å²) in [5.74, 6) is 0. The minimum Gasteiger partial charge on any atom is -0.374 e. The van der Waals surface area contributed by atoms with E-state index in [-0.39, 0.29) is 0 Å². The van der Waals surface area contributed by atoms with Crippen molar-refractivity contribution in [2.24, 2.45) is 0 Å². The molecular weight excluding hydrogens is 196 g/mol. The molecular formula is C14H24N2. The quantitative estimate of drug-likeness (QED) is 0.793. The Kier molecular flexibility index (Phi) is 5.33. The van der Waals surface area contributed by atoms with E-state index in [2.05, 4.69) is 49.3 Å². The van der Waals surface area contributed by atoms with Gasteiger partial charge in [-0.1, -0.05) is 25.5 Å². The number of benzene rings is 1. The Morgan fingerprint density at radius 2 is 2.06 bits per heavy atom. The minimum absolute atomic E-state index is 0.944. The van der Waals surface area contributed by atoms with Gasteiger partial charge < -0.3 is 10.2 Å². The van der Waals surface area contributed by atoms with Gasteiger partial charge in [-0.3, -0.25) is 0 Å². The summed E-state index contributed by atoms with van der Waals surface area (Å²) in [5, 5.41) is 3.18. The zero-order valence-electron chi connectivity index (χ0n) is 11.0. The third-order valence-electron chi connectivity index (χ3n) is 2.90. The van der Waals surface area contributed by atoms with E-state index < -0.39 is 0 Å². The first-order chi connectivity index (χ1) is 7.69. The van der Waals surface area contributed by atoms with Crippen LogP contribution in [-0.4, -0.2) is 20.6 Å². The number of nitrogens with one attached hydrogen (secondary N) is 1. The van der Waals surface area contributed by atoms with Crippen molar-refractivity contribution < 1.29 is 0 Å². The standard InChI is InChI=1S/C14H24N2/c1-5-6-9-16(4)14-8-7-13(11-15-3)10-12(14)2/h7-8,10,15H,5-6,9,11H2,1-4H3. The van der Waals surface area contributed by atoms with Gasteiger partial charge in [-0.05, 0) is 37.6 Å². The number of aryl methyl sites for hydroxylation is 1. The summed E-state index contributed by atoms with van der Waals surface area (Å²) in [6.45, 7) is 6.51. The maximum absolute atomic E-state index is 3.18. The number of unbranched alkanes of at least 4 members (excludes halogenated alkanes) is 1. The van der Waals surface area contributed by atoms with Crippen molar-refractivity contribution in [1.29, 1.82) is 0 Å². The molecule has 16 heavy (non-hydrogen) atoms. The van der Waals surface area contributed by atoms with Crippen molar-refractivity contribution in [2.45, 2.75) is 33.2 Å². The highest BCUT2D eigenvalue weighted by atomic mass is 15.1. The van der Waals surface area contributed by atoms with Gasteiger partial charge in [0.2, 0.25) is 0 Å². The highest BCUT2D eigenvalue weighted by Gasteiger charge is 2.04. The maximum atomic E-state index is 3.18. The van der Waals surface area contributed by atoms with Crippen LogP contribution in [0.2, 0.25) is 0 Å². The fraction of sp³-hybridized carbons (Fsp3) is 0.571. The average molecular weight is 220 g/mol. The van der Waals surface area contributed by atoms with Gasteiger partial charge in [0.05, 0.1) is 0 Å². The van der Waals surface area contributed by atoms with Crippen molar-refractivity contribution in [3.8, 4) is 0 Å². The molecule has 1 N–H and O–H groups in total. The Balaban J connectivity index is 2.73. The fourth-order valence-electron chi connectivity index (χ4n) is 1.98. The van der Waals surface area contributed by atoms with Crippen molar-refractivity contribution in [1.82, 2.24) is 5.32 Å². The van der Waals surface area contributed by atoms with Gasteiger partial charge in [-0.15, -0.1) is 0 Å². The number of hydrogen-bond acceptors (Lipinski definition) is 2. The largest absolute Gasteiger partial charge is 0.374 e. The predicted octanol–water partition coefficient (Wildman–Crippen LogP) is 2.95. The second kappa shape index (κ2) is 6.54. The summed E-state index contributed by atoms with van der Waals surface area (Å²) in [4.78, 5) is 2.35. The van der Waals surface area contributed by atoms with E-state index in [1.165, 1.54) is 29.7 Å². The molecule has 0 aliphatic heterocycles. The molecule has 2 nitrogen and oxygen atoms in total. The van der Waals surface area contributed by atoms with Crippen LogP contribution in [-0.2, 0) is 6.54 Å². The zero-order chi connectivity index (χ0) is 12.0. The molecule has 1 aromatic rings. The summed E-state index contributed by atoms with van der Waals surface area (Å²) < 4.78 is 0. The molecule has 0 aliphatic carbocycles. The van der Waals surface area contributed by atoms with Gasteiger partial charge in [-0.25, -0.2) is 0 Å². The van der Waals surface area contributed by atoms with Crippen LogP contribution in [0.5, 0.6) is 0 Å². The van der Waals surface area contributed by atoms with Crippen LogP contribution in [0.3, 0.4) is 0 Å². The Morgan fingerprint density at radius 1 is 1.31 bits per heavy atom. The summed E-state index contributed by atoms with van der Waals surface area (Å²) in [5.41, 5.74) is 4.08. The molecule has 0 aliphatic rings. The number of anilines is 1. The molecule has 90 valence electrons. The van der Waals surface area contributed by atoms with Crippen LogP contribution >= 0.6 is 0 Å². The Morgan fingerprint density at radius 3 is 2.62 bits per heavy atom. The molecule has 0 amide bonds. The molecule has 0 heterocycles. The molecule has 2 heteroatoms. The van der Waals surface area contributed by atoms with Gasteiger partial charge >= 0.3 is 0 Å². The lowest BCUT2D eigenvalue weighted by atomic mass is 10.1. The van der Waals surface area contributed by atoms with Crippen LogP contribution in [0, 0.1) is 6.92 Å². The highest BCUT2D eigenvalue weighted by molar-refractivity contribution is 5.53. The molecule has 0 unspecified atom stereocenters. The normalized spacial score (nSPS) is 10.5. The van der Waals surface area contributed by atoms with Crippen molar-refractivity contribution in [3.63, 3.8) is 0 Å². The predicted molar refractivity (Wildman–Crippen MR) is 72.1 cm³/mol. The lowest BCUT2D eigenvalue weighted by molar-refractivity contribution is 0.764. The summed E-state index contributed by atoms with van der Waals surface area (Å²) in [6.07, 6.45) is 2.51. The summed E-state index contributed by atoms with van der Waals surface area (Å²) >= 11 is 0. The molecule has 0 bridgehead atoms. The first-order valence-corrected chi connectivity index (χ1v) is 6.14. The molecule has 0 fully saturated rings. The molecule has 0 spiro atoms. The van der Waals surface area contributed by atoms with Crippen LogP contribution in [0.25, 0.3) is 0 Å². The van der Waals surface area contributed by atoms with Crippen LogP contribution in [0.4, 0.5) is 5.69 Å². The smallest absolute Gasteiger partial charge is 0.0393 e. The molecule has 0 saturated heterocycles. The van der Waals surface area contributed by atoms with Crippen LogP contribution in [0.1, 0.15) is 30.9 Å². The number of nitrogens with zero attached hydrogens (tertiary/aromatic N) is 1. The van der Waals surface area contributed by atoms with E-state index in [4.69, 9.17) is 0 Å². The van der Waals surface area contributed by atoms with Crippen molar-refractivity contribution in [3.05, 3.63) is 29.3 Å². The molecule has 0 aromatic heterocycles. The third kappa shape index (κ3) is 3.53. The van der Waals surface area contributed by atoms with Gasteiger partial charge in [-0.2, -0.15) is 0 Å². The van der Waals surface area contributed by atoms with Gasteiger partial charge in [0.25, 0.3) is 0 Å². The molecule has 0 saturated carbocycles. The molecule has 0 radical (unpaired) electrons. The number of hydrogen-bond donors (Lipinski definition) is 1. The zero-order valence-corrected chi connectivity index (χ0v) is 11.0. The lowest BCUT2D eigenvalue weighted by Crippen LogP contribution is -2.19. The second-order valence-electron chi connectivity index (χ2n) is 4.43. The molecule has 0 atom stereocenters. The summed E-state index contributed by atoms with van der Waals surface area (Å²) in [6, 6.07) is 6.72. The molecule has 1 aromatic carbocycles. The van der Waals surface area contributed by atoms with Gasteiger partial charge in [0.15, 0.2) is 0 Å². The van der Waals surface area contributed by atoms with E-state index in [1.54, 1.807) is 0 Å². The summed E-state index contributed by atoms with van der Waals surface area (Å²) in [7, 11) is 4.16. The van der Waals surface area contributed by atoms with Crippen molar-refractivity contribution >= 4 is 5.69 Å². The van der Waals surface area contributed by atoms with E-state index >= 15 is 0 Å². The number of rotatable bonds is 6. The lowest BCUT2D eigenvalue weighted by Gasteiger charge is -2.21. The van der Waals surface area contributed by atoms with Gasteiger partial charge in [0, 0.05) is 25.8 Å². The van der Waals surface area contributed by atoms with Crippen LogP contribution < -0.4 is 10.2 Å². The topological polar surface area (TPSA) is 15.3 Å². The average Bonchev–Trinajstić information content (AvgIpc) is 2.26. The third-order valence-corrected chi connectivity index (χ3v) is 2.90. The maximum Gasteiger partial charge on any atom is 0.0393 e. The van der Waals surface area contributed by atoms with Gasteiger partial charge in [0.1, 0.15) is 0 Å². The van der Waals surface area contributed by atoms with E-state index in [0.717, 1.165) is 13.1 Å². The van der Waals surface area contributed by atoms with Crippen LogP contribution in [0.15, 0.2) is 18.2 Å². The first kappa shape index (κ1) is 13.0.